The molecule has 0 aliphatic carbocycles. The van der Waals surface area contributed by atoms with E-state index in [9.17, 15) is 9.90 Å². The number of benzene rings is 4. The third-order valence-electron chi connectivity index (χ3n) is 6.80. The number of rotatable bonds is 8. The average Bonchev–Trinajstić information content (AvgIpc) is 2.96. The first-order chi connectivity index (χ1) is 18.5. The minimum Gasteiger partial charge on any atom is -0.497 e. The molecule has 4 aromatic carbocycles. The molecular weight excluding hydrogens is 482 g/mol. The van der Waals surface area contributed by atoms with E-state index in [1.807, 2.05) is 60.7 Å². The van der Waals surface area contributed by atoms with Crippen LogP contribution in [0, 0.1) is 0 Å². The van der Waals surface area contributed by atoms with Crippen molar-refractivity contribution in [2.75, 3.05) is 26.6 Å². The Morgan fingerprint density at radius 3 is 2.21 bits per heavy atom. The number of hydrogen-bond acceptors (Lipinski definition) is 6. The molecule has 1 amide bonds. The Morgan fingerprint density at radius 2 is 1.53 bits per heavy atom. The summed E-state index contributed by atoms with van der Waals surface area (Å²) in [5.41, 5.74) is 1.86. The Balaban J connectivity index is 1.78. The van der Waals surface area contributed by atoms with Crippen LogP contribution in [-0.4, -0.2) is 38.4 Å². The fourth-order valence-corrected chi connectivity index (χ4v) is 4.96. The van der Waals surface area contributed by atoms with Crippen molar-refractivity contribution in [2.24, 2.45) is 0 Å². The van der Waals surface area contributed by atoms with Gasteiger partial charge in [-0.05, 0) is 41.5 Å². The van der Waals surface area contributed by atoms with Crippen LogP contribution >= 0.6 is 0 Å². The van der Waals surface area contributed by atoms with Gasteiger partial charge < -0.3 is 29.4 Å². The number of anilines is 1. The SMILES string of the molecule is COc1ccc(C2(O)c3c(ccc(-c4ccccc4OC)c3OCc3ccccc3)NC(=O)C2OC)cc1. The van der Waals surface area contributed by atoms with Crippen LogP contribution in [0.2, 0.25) is 0 Å². The first kappa shape index (κ1) is 25.3. The summed E-state index contributed by atoms with van der Waals surface area (Å²) in [6.45, 7) is 0.240. The molecule has 1 aliphatic rings. The lowest BCUT2D eigenvalue weighted by atomic mass is 9.76. The van der Waals surface area contributed by atoms with Gasteiger partial charge in [-0.1, -0.05) is 60.7 Å². The first-order valence-electron chi connectivity index (χ1n) is 12.2. The van der Waals surface area contributed by atoms with E-state index in [1.165, 1.54) is 7.11 Å². The molecule has 5 rings (SSSR count). The maximum atomic E-state index is 13.2. The largest absolute Gasteiger partial charge is 0.497 e. The Labute approximate surface area is 221 Å². The van der Waals surface area contributed by atoms with Crippen LogP contribution in [0.25, 0.3) is 11.1 Å². The molecule has 2 unspecified atom stereocenters. The van der Waals surface area contributed by atoms with Crippen LogP contribution in [0.1, 0.15) is 16.7 Å². The summed E-state index contributed by atoms with van der Waals surface area (Å²) in [5, 5.41) is 15.4. The van der Waals surface area contributed by atoms with Gasteiger partial charge in [-0.2, -0.15) is 0 Å². The predicted molar refractivity (Wildman–Crippen MR) is 145 cm³/mol. The van der Waals surface area contributed by atoms with Crippen LogP contribution in [-0.2, 0) is 21.7 Å². The fraction of sp³-hybridized carbons (Fsp3) is 0.194. The number of nitrogens with one attached hydrogen (secondary N) is 1. The Hall–Kier alpha value is -4.33. The maximum absolute atomic E-state index is 13.2. The molecule has 7 heteroatoms. The minimum atomic E-state index is -1.87. The van der Waals surface area contributed by atoms with Crippen molar-refractivity contribution < 1.29 is 28.8 Å². The molecule has 1 aliphatic heterocycles. The third kappa shape index (κ3) is 4.36. The van der Waals surface area contributed by atoms with Gasteiger partial charge in [0.15, 0.2) is 11.7 Å². The molecule has 38 heavy (non-hydrogen) atoms. The van der Waals surface area contributed by atoms with Crippen molar-refractivity contribution >= 4 is 11.6 Å². The van der Waals surface area contributed by atoms with E-state index in [-0.39, 0.29) is 6.61 Å². The number of aliphatic hydroxyl groups is 1. The summed E-state index contributed by atoms with van der Waals surface area (Å²) in [5.74, 6) is 1.22. The molecule has 1 heterocycles. The summed E-state index contributed by atoms with van der Waals surface area (Å²) >= 11 is 0. The lowest BCUT2D eigenvalue weighted by Gasteiger charge is -2.41. The number of carbonyl (C=O) groups is 1. The van der Waals surface area contributed by atoms with E-state index in [2.05, 4.69) is 5.32 Å². The smallest absolute Gasteiger partial charge is 0.257 e. The maximum Gasteiger partial charge on any atom is 0.257 e. The average molecular weight is 512 g/mol. The van der Waals surface area contributed by atoms with Gasteiger partial charge in [0.05, 0.1) is 25.5 Å². The van der Waals surface area contributed by atoms with Crippen LogP contribution in [0.4, 0.5) is 5.69 Å². The van der Waals surface area contributed by atoms with Crippen molar-refractivity contribution in [3.05, 3.63) is 108 Å². The number of para-hydroxylation sites is 1. The number of ether oxygens (including phenoxy) is 4. The van der Waals surface area contributed by atoms with Crippen molar-refractivity contribution in [3.8, 4) is 28.4 Å². The summed E-state index contributed by atoms with van der Waals surface area (Å²) in [4.78, 5) is 13.2. The van der Waals surface area contributed by atoms with E-state index in [1.54, 1.807) is 44.6 Å². The van der Waals surface area contributed by atoms with Crippen molar-refractivity contribution in [1.82, 2.24) is 0 Å². The van der Waals surface area contributed by atoms with E-state index >= 15 is 0 Å². The molecule has 0 fully saturated rings. The van der Waals surface area contributed by atoms with Crippen molar-refractivity contribution in [1.29, 1.82) is 0 Å². The van der Waals surface area contributed by atoms with E-state index in [0.717, 1.165) is 11.1 Å². The molecule has 0 saturated heterocycles. The number of methoxy groups -OCH3 is 3. The van der Waals surface area contributed by atoms with Crippen LogP contribution in [0.5, 0.6) is 17.2 Å². The minimum absolute atomic E-state index is 0.240. The Bertz CT molecular complexity index is 1440. The third-order valence-corrected chi connectivity index (χ3v) is 6.80. The van der Waals surface area contributed by atoms with Gasteiger partial charge in [-0.15, -0.1) is 0 Å². The van der Waals surface area contributed by atoms with Gasteiger partial charge in [0.25, 0.3) is 5.91 Å². The zero-order valence-electron chi connectivity index (χ0n) is 21.4. The zero-order chi connectivity index (χ0) is 26.7. The molecule has 4 aromatic rings. The number of fused-ring (bicyclic) bond motifs is 1. The Morgan fingerprint density at radius 1 is 0.816 bits per heavy atom. The summed E-state index contributed by atoms with van der Waals surface area (Å²) in [6.07, 6.45) is -1.24. The molecule has 0 saturated carbocycles. The van der Waals surface area contributed by atoms with Gasteiger partial charge >= 0.3 is 0 Å². The van der Waals surface area contributed by atoms with Crippen LogP contribution < -0.4 is 19.5 Å². The molecule has 0 bridgehead atoms. The highest BCUT2D eigenvalue weighted by Gasteiger charge is 2.52. The van der Waals surface area contributed by atoms with Crippen LogP contribution in [0.15, 0.2) is 91.0 Å². The molecule has 0 spiro atoms. The molecule has 194 valence electrons. The molecule has 0 radical (unpaired) electrons. The Kier molecular flexibility index (Phi) is 7.05. The summed E-state index contributed by atoms with van der Waals surface area (Å²) < 4.78 is 23.1. The highest BCUT2D eigenvalue weighted by atomic mass is 16.5. The van der Waals surface area contributed by atoms with Crippen LogP contribution in [0.3, 0.4) is 0 Å². The van der Waals surface area contributed by atoms with Gasteiger partial charge in [0.2, 0.25) is 0 Å². The summed E-state index contributed by atoms with van der Waals surface area (Å²) in [6, 6.07) is 27.9. The zero-order valence-corrected chi connectivity index (χ0v) is 21.4. The molecule has 2 atom stereocenters. The number of carbonyl (C=O) groups excluding carboxylic acids is 1. The fourth-order valence-electron chi connectivity index (χ4n) is 4.96. The van der Waals surface area contributed by atoms with Crippen molar-refractivity contribution in [3.63, 3.8) is 0 Å². The topological polar surface area (TPSA) is 86.3 Å². The van der Waals surface area contributed by atoms with Gasteiger partial charge in [-0.25, -0.2) is 0 Å². The number of amides is 1. The molecule has 7 nitrogen and oxygen atoms in total. The predicted octanol–water partition coefficient (Wildman–Crippen LogP) is 5.15. The van der Waals surface area contributed by atoms with Gasteiger partial charge in [-0.3, -0.25) is 4.79 Å². The first-order valence-corrected chi connectivity index (χ1v) is 12.2. The highest BCUT2D eigenvalue weighted by molar-refractivity contribution is 6.01. The second kappa shape index (κ2) is 10.6. The normalized spacial score (nSPS) is 18.3. The number of hydrogen-bond donors (Lipinski definition) is 2. The van der Waals surface area contributed by atoms with E-state index < -0.39 is 17.6 Å². The molecule has 2 N–H and O–H groups in total. The van der Waals surface area contributed by atoms with Gasteiger partial charge in [0.1, 0.15) is 23.9 Å². The second-order valence-corrected chi connectivity index (χ2v) is 8.94. The summed E-state index contributed by atoms with van der Waals surface area (Å²) in [7, 11) is 4.58. The van der Waals surface area contributed by atoms with E-state index in [4.69, 9.17) is 18.9 Å². The lowest BCUT2D eigenvalue weighted by molar-refractivity contribution is -0.142. The molecule has 0 aromatic heterocycles. The highest BCUT2D eigenvalue weighted by Crippen LogP contribution is 2.51. The lowest BCUT2D eigenvalue weighted by Crippen LogP contribution is -2.53. The standard InChI is InChI=1S/C31H29NO6/c1-35-22-15-13-21(14-16-22)31(34)27-25(32-30(33)29(31)37-3)18-17-24(23-11-7-8-12-26(23)36-2)28(27)38-19-20-9-5-4-6-10-20/h4-18,29,34H,19H2,1-3H3,(H,32,33). The quantitative estimate of drug-likeness (QED) is 0.340. The van der Waals surface area contributed by atoms with Gasteiger partial charge in [0, 0.05) is 18.2 Å². The second-order valence-electron chi connectivity index (χ2n) is 8.94. The molecular formula is C31H29NO6. The van der Waals surface area contributed by atoms with E-state index in [0.29, 0.717) is 39.6 Å². The van der Waals surface area contributed by atoms with Crippen molar-refractivity contribution in [2.45, 2.75) is 18.3 Å². The monoisotopic (exact) mass is 511 g/mol.